The molecule has 0 unspecified atom stereocenters. The van der Waals surface area contributed by atoms with E-state index in [2.05, 4.69) is 4.98 Å². The molecule has 0 N–H and O–H groups in total. The Balaban J connectivity index is 2.48. The molecule has 1 rings (SSSR count). The Morgan fingerprint density at radius 3 is 3.00 bits per heavy atom. The first-order chi connectivity index (χ1) is 8.13. The lowest BCUT2D eigenvalue weighted by Gasteiger charge is -2.01. The first kappa shape index (κ1) is 14.1. The topological polar surface area (TPSA) is 39.2 Å². The highest BCUT2D eigenvalue weighted by atomic mass is 35.5. The highest BCUT2D eigenvalue weighted by Crippen LogP contribution is 2.22. The second-order valence-corrected chi connectivity index (χ2v) is 4.97. The molecule has 0 aliphatic rings. The molecule has 0 saturated heterocycles. The van der Waals surface area contributed by atoms with Gasteiger partial charge in [0.2, 0.25) is 5.88 Å². The van der Waals surface area contributed by atoms with Crippen LogP contribution in [0, 0.1) is 0 Å². The second kappa shape index (κ2) is 7.35. The van der Waals surface area contributed by atoms with Crippen LogP contribution in [0.3, 0.4) is 0 Å². The highest BCUT2D eigenvalue weighted by molar-refractivity contribution is 8.13. The predicted molar refractivity (Wildman–Crippen MR) is 72.6 cm³/mol. The van der Waals surface area contributed by atoms with Crippen LogP contribution in [0.2, 0.25) is 5.02 Å². The van der Waals surface area contributed by atoms with Crippen molar-refractivity contribution in [2.45, 2.75) is 13.3 Å². The number of carbonyl (C=O) groups excluding carboxylic acids is 1. The normalized spacial score (nSPS) is 10.8. The van der Waals surface area contributed by atoms with E-state index in [0.717, 1.165) is 17.7 Å². The van der Waals surface area contributed by atoms with E-state index in [1.165, 1.54) is 18.9 Å². The van der Waals surface area contributed by atoms with E-state index in [0.29, 0.717) is 10.9 Å². The zero-order valence-electron chi connectivity index (χ0n) is 9.77. The molecule has 0 spiro atoms. The van der Waals surface area contributed by atoms with E-state index in [4.69, 9.17) is 16.3 Å². The molecule has 0 radical (unpaired) electrons. The van der Waals surface area contributed by atoms with Gasteiger partial charge < -0.3 is 4.74 Å². The molecule has 5 heteroatoms. The van der Waals surface area contributed by atoms with E-state index >= 15 is 0 Å². The van der Waals surface area contributed by atoms with Gasteiger partial charge in [-0.05, 0) is 18.1 Å². The first-order valence-corrected chi connectivity index (χ1v) is 6.49. The molecule has 17 heavy (non-hydrogen) atoms. The highest BCUT2D eigenvalue weighted by Gasteiger charge is 2.01. The van der Waals surface area contributed by atoms with E-state index in [1.54, 1.807) is 19.2 Å². The van der Waals surface area contributed by atoms with Crippen LogP contribution in [0.4, 0.5) is 0 Å². The van der Waals surface area contributed by atoms with Gasteiger partial charge in [-0.15, -0.1) is 0 Å². The number of pyridine rings is 1. The summed E-state index contributed by atoms with van der Waals surface area (Å²) in [6.07, 6.45) is 6.46. The Kier molecular flexibility index (Phi) is 6.08. The van der Waals surface area contributed by atoms with Crippen molar-refractivity contribution < 1.29 is 9.53 Å². The summed E-state index contributed by atoms with van der Waals surface area (Å²) < 4.78 is 4.96. The number of rotatable bonds is 5. The summed E-state index contributed by atoms with van der Waals surface area (Å²) >= 11 is 7.26. The summed E-state index contributed by atoms with van der Waals surface area (Å²) in [5.74, 6) is 1.22. The van der Waals surface area contributed by atoms with Crippen molar-refractivity contribution in [2.75, 3.05) is 12.9 Å². The molecule has 92 valence electrons. The van der Waals surface area contributed by atoms with Crippen molar-refractivity contribution in [3.05, 3.63) is 28.9 Å². The van der Waals surface area contributed by atoms with Gasteiger partial charge in [0.1, 0.15) is 5.02 Å². The van der Waals surface area contributed by atoms with Gasteiger partial charge in [-0.1, -0.05) is 35.5 Å². The fraction of sp³-hybridized carbons (Fsp3) is 0.333. The van der Waals surface area contributed by atoms with Gasteiger partial charge >= 0.3 is 0 Å². The summed E-state index contributed by atoms with van der Waals surface area (Å²) in [5, 5.41) is 0.639. The summed E-state index contributed by atoms with van der Waals surface area (Å²) in [4.78, 5) is 14.7. The number of hydrogen-bond donors (Lipinski definition) is 0. The van der Waals surface area contributed by atoms with Crippen molar-refractivity contribution in [1.29, 1.82) is 0 Å². The van der Waals surface area contributed by atoms with Crippen molar-refractivity contribution in [3.8, 4) is 5.88 Å². The molecule has 0 saturated carbocycles. The molecular formula is C12H14ClNO2S. The predicted octanol–water partition coefficient (Wildman–Crippen LogP) is 3.43. The zero-order valence-corrected chi connectivity index (χ0v) is 11.3. The lowest BCUT2D eigenvalue weighted by atomic mass is 10.2. The van der Waals surface area contributed by atoms with Crippen LogP contribution in [0.15, 0.2) is 18.3 Å². The molecular weight excluding hydrogens is 258 g/mol. The minimum atomic E-state index is 0.146. The van der Waals surface area contributed by atoms with Gasteiger partial charge in [0.25, 0.3) is 0 Å². The second-order valence-electron chi connectivity index (χ2n) is 3.29. The van der Waals surface area contributed by atoms with Crippen molar-refractivity contribution in [3.63, 3.8) is 0 Å². The van der Waals surface area contributed by atoms with Gasteiger partial charge in [0.15, 0.2) is 5.12 Å². The molecule has 1 aromatic rings. The fourth-order valence-corrected chi connectivity index (χ4v) is 1.96. The maximum atomic E-state index is 10.7. The van der Waals surface area contributed by atoms with Crippen LogP contribution in [0.25, 0.3) is 6.08 Å². The molecule has 1 heterocycles. The Morgan fingerprint density at radius 2 is 2.41 bits per heavy atom. The molecule has 0 aromatic carbocycles. The van der Waals surface area contributed by atoms with Gasteiger partial charge in [-0.2, -0.15) is 0 Å². The number of methoxy groups -OCH3 is 1. The molecule has 0 amide bonds. The summed E-state index contributed by atoms with van der Waals surface area (Å²) in [6.45, 7) is 1.57. The SMILES string of the molecule is COc1ncc(C=CCCSC(C)=O)cc1Cl. The summed E-state index contributed by atoms with van der Waals surface area (Å²) in [6, 6.07) is 1.79. The number of hydrogen-bond acceptors (Lipinski definition) is 4. The molecule has 0 atom stereocenters. The Bertz CT molecular complexity index is 421. The number of thioether (sulfide) groups is 1. The molecule has 0 fully saturated rings. The van der Waals surface area contributed by atoms with E-state index in [-0.39, 0.29) is 5.12 Å². The lowest BCUT2D eigenvalue weighted by Crippen LogP contribution is -1.88. The quantitative estimate of drug-likeness (QED) is 0.769. The summed E-state index contributed by atoms with van der Waals surface area (Å²) in [5.41, 5.74) is 0.920. The van der Waals surface area contributed by atoms with Crippen LogP contribution in [-0.2, 0) is 4.79 Å². The van der Waals surface area contributed by atoms with Gasteiger partial charge in [-0.3, -0.25) is 4.79 Å². The Labute approximate surface area is 110 Å². The molecule has 0 aliphatic heterocycles. The smallest absolute Gasteiger partial charge is 0.232 e. The van der Waals surface area contributed by atoms with E-state index < -0.39 is 0 Å². The lowest BCUT2D eigenvalue weighted by molar-refractivity contribution is -0.109. The molecule has 0 bridgehead atoms. The standard InChI is InChI=1S/C12H14ClNO2S/c1-9(15)17-6-4-3-5-10-7-11(13)12(16-2)14-8-10/h3,5,7-8H,4,6H2,1-2H3. The van der Waals surface area contributed by atoms with Crippen molar-refractivity contribution in [2.24, 2.45) is 0 Å². The van der Waals surface area contributed by atoms with E-state index in [1.807, 2.05) is 12.2 Å². The number of halogens is 1. The third-order valence-corrected chi connectivity index (χ3v) is 3.04. The minimum absolute atomic E-state index is 0.146. The van der Waals surface area contributed by atoms with Crippen LogP contribution >= 0.6 is 23.4 Å². The van der Waals surface area contributed by atoms with Gasteiger partial charge in [0, 0.05) is 18.9 Å². The molecule has 1 aromatic heterocycles. The Hall–Kier alpha value is -1.00. The zero-order chi connectivity index (χ0) is 12.7. The third kappa shape index (κ3) is 5.24. The van der Waals surface area contributed by atoms with Crippen molar-refractivity contribution >= 4 is 34.6 Å². The minimum Gasteiger partial charge on any atom is -0.480 e. The average Bonchev–Trinajstić information content (AvgIpc) is 2.28. The van der Waals surface area contributed by atoms with Crippen molar-refractivity contribution in [1.82, 2.24) is 4.98 Å². The van der Waals surface area contributed by atoms with Crippen LogP contribution in [0.1, 0.15) is 18.9 Å². The number of nitrogens with zero attached hydrogens (tertiary/aromatic N) is 1. The van der Waals surface area contributed by atoms with Crippen LogP contribution in [0.5, 0.6) is 5.88 Å². The fourth-order valence-electron chi connectivity index (χ4n) is 1.17. The number of carbonyl (C=O) groups is 1. The molecule has 3 nitrogen and oxygen atoms in total. The largest absolute Gasteiger partial charge is 0.480 e. The van der Waals surface area contributed by atoms with E-state index in [9.17, 15) is 4.79 Å². The molecule has 0 aliphatic carbocycles. The number of ether oxygens (including phenoxy) is 1. The monoisotopic (exact) mass is 271 g/mol. The third-order valence-electron chi connectivity index (χ3n) is 1.92. The van der Waals surface area contributed by atoms with Gasteiger partial charge in [0.05, 0.1) is 7.11 Å². The summed E-state index contributed by atoms with van der Waals surface area (Å²) in [7, 11) is 1.53. The van der Waals surface area contributed by atoms with Crippen LogP contribution in [-0.4, -0.2) is 23.0 Å². The Morgan fingerprint density at radius 1 is 1.65 bits per heavy atom. The number of aromatic nitrogens is 1. The average molecular weight is 272 g/mol. The maximum absolute atomic E-state index is 10.7. The van der Waals surface area contributed by atoms with Crippen LogP contribution < -0.4 is 4.74 Å². The number of allylic oxidation sites excluding steroid dienone is 1. The first-order valence-electron chi connectivity index (χ1n) is 5.13. The van der Waals surface area contributed by atoms with Gasteiger partial charge in [-0.25, -0.2) is 4.98 Å². The maximum Gasteiger partial charge on any atom is 0.232 e.